The van der Waals surface area contributed by atoms with E-state index in [1.807, 2.05) is 0 Å². The third-order valence-electron chi connectivity index (χ3n) is 2.74. The first-order valence-corrected chi connectivity index (χ1v) is 6.14. The van der Waals surface area contributed by atoms with Crippen LogP contribution in [0.5, 0.6) is 5.88 Å². The summed E-state index contributed by atoms with van der Waals surface area (Å²) in [7, 11) is 4.23. The Morgan fingerprint density at radius 2 is 2.27 bits per heavy atom. The normalized spacial score (nSPS) is 10.9. The van der Waals surface area contributed by atoms with Crippen molar-refractivity contribution in [3.05, 3.63) is 41.9 Å². The zero-order valence-electron chi connectivity index (χ0n) is 12.2. The van der Waals surface area contributed by atoms with Crippen LogP contribution in [0.2, 0.25) is 0 Å². The van der Waals surface area contributed by atoms with Crippen LogP contribution in [0.3, 0.4) is 0 Å². The van der Waals surface area contributed by atoms with Crippen molar-refractivity contribution >= 4 is 11.9 Å². The molecule has 0 spiro atoms. The predicted octanol–water partition coefficient (Wildman–Crippen LogP) is 0.530. The molecule has 0 atom stereocenters. The van der Waals surface area contributed by atoms with Gasteiger partial charge in [-0.15, -0.1) is 5.17 Å². The van der Waals surface area contributed by atoms with Crippen LogP contribution in [0.1, 0.15) is 16.3 Å². The fourth-order valence-electron chi connectivity index (χ4n) is 1.66. The van der Waals surface area contributed by atoms with Crippen LogP contribution < -0.4 is 14.6 Å². The zero-order valence-corrected chi connectivity index (χ0v) is 12.2. The first kappa shape index (κ1) is 15.6. The Balaban J connectivity index is 2.40. The second-order valence-corrected chi connectivity index (χ2v) is 4.01. The van der Waals surface area contributed by atoms with E-state index in [0.717, 1.165) is 6.20 Å². The Labute approximate surface area is 125 Å². The van der Waals surface area contributed by atoms with Crippen LogP contribution in [0, 0.1) is 5.82 Å². The molecule has 0 amide bonds. The monoisotopic (exact) mass is 309 g/mol. The standard InChI is InChI=1S/C13H14FN4O4/c1-17(21-3)18-12(15-8-9(14)13(18)20-2)5-4-11(19)10-6-7-22-16-10/h4-8H,1-3H3/q+1/b5-4-. The molecule has 0 aliphatic carbocycles. The maximum Gasteiger partial charge on any atom is 0.351 e. The van der Waals surface area contributed by atoms with Gasteiger partial charge in [0.2, 0.25) is 5.78 Å². The number of halogens is 1. The average Bonchev–Trinajstić information content (AvgIpc) is 3.06. The Morgan fingerprint density at radius 1 is 1.50 bits per heavy atom. The fourth-order valence-corrected chi connectivity index (χ4v) is 1.66. The van der Waals surface area contributed by atoms with Crippen molar-refractivity contribution in [1.82, 2.24) is 10.1 Å². The average molecular weight is 309 g/mol. The third kappa shape index (κ3) is 3.09. The summed E-state index contributed by atoms with van der Waals surface area (Å²) in [6.45, 7) is 0. The summed E-state index contributed by atoms with van der Waals surface area (Å²) in [4.78, 5) is 20.8. The summed E-state index contributed by atoms with van der Waals surface area (Å²) >= 11 is 0. The highest BCUT2D eigenvalue weighted by Crippen LogP contribution is 2.11. The molecule has 116 valence electrons. The largest absolute Gasteiger partial charge is 0.462 e. The Bertz CT molecular complexity index is 688. The fraction of sp³-hybridized carbons (Fsp3) is 0.231. The Morgan fingerprint density at radius 3 is 2.86 bits per heavy atom. The van der Waals surface area contributed by atoms with Gasteiger partial charge in [0.15, 0.2) is 11.9 Å². The van der Waals surface area contributed by atoms with E-state index in [0.29, 0.717) is 0 Å². The van der Waals surface area contributed by atoms with Gasteiger partial charge in [0.25, 0.3) is 5.82 Å². The number of carbonyl (C=O) groups is 1. The van der Waals surface area contributed by atoms with Gasteiger partial charge in [0.1, 0.15) is 6.26 Å². The summed E-state index contributed by atoms with van der Waals surface area (Å²) in [5, 5.41) is 4.73. The van der Waals surface area contributed by atoms with Crippen LogP contribution in [-0.4, -0.2) is 37.2 Å². The number of carbonyl (C=O) groups excluding carboxylic acids is 1. The number of rotatable bonds is 6. The molecular formula is C13H14FN4O4+. The van der Waals surface area contributed by atoms with Crippen molar-refractivity contribution < 1.29 is 28.0 Å². The summed E-state index contributed by atoms with van der Waals surface area (Å²) in [6.07, 6.45) is 4.89. The molecule has 0 bridgehead atoms. The molecular weight excluding hydrogens is 295 g/mol. The van der Waals surface area contributed by atoms with E-state index in [-0.39, 0.29) is 23.2 Å². The number of allylic oxidation sites excluding steroid dienone is 1. The molecule has 9 heteroatoms. The minimum atomic E-state index is -0.675. The molecule has 22 heavy (non-hydrogen) atoms. The van der Waals surface area contributed by atoms with Gasteiger partial charge in [-0.2, -0.15) is 4.39 Å². The molecule has 0 radical (unpaired) electrons. The molecule has 8 nitrogen and oxygen atoms in total. The molecule has 0 saturated carbocycles. The summed E-state index contributed by atoms with van der Waals surface area (Å²) in [5.74, 6) is -0.954. The van der Waals surface area contributed by atoms with E-state index in [4.69, 9.17) is 9.57 Å². The van der Waals surface area contributed by atoms with Gasteiger partial charge < -0.3 is 9.26 Å². The van der Waals surface area contributed by atoms with Gasteiger partial charge in [0.05, 0.1) is 21.3 Å². The van der Waals surface area contributed by atoms with Crippen LogP contribution in [-0.2, 0) is 4.84 Å². The van der Waals surface area contributed by atoms with Crippen molar-refractivity contribution in [2.75, 3.05) is 26.4 Å². The maximum absolute atomic E-state index is 13.7. The summed E-state index contributed by atoms with van der Waals surface area (Å²) < 4.78 is 24.6. The maximum atomic E-state index is 13.7. The van der Waals surface area contributed by atoms with Gasteiger partial charge >= 0.3 is 11.7 Å². The highest BCUT2D eigenvalue weighted by molar-refractivity contribution is 6.05. The van der Waals surface area contributed by atoms with Crippen LogP contribution >= 0.6 is 0 Å². The molecule has 0 fully saturated rings. The number of nitrogens with zero attached hydrogens (tertiary/aromatic N) is 4. The van der Waals surface area contributed by atoms with Crippen LogP contribution in [0.15, 0.2) is 29.1 Å². The summed E-state index contributed by atoms with van der Waals surface area (Å²) in [6, 6.07) is 1.43. The number of ketones is 1. The van der Waals surface area contributed by atoms with E-state index < -0.39 is 5.82 Å². The van der Waals surface area contributed by atoms with Crippen molar-refractivity contribution in [2.24, 2.45) is 0 Å². The van der Waals surface area contributed by atoms with Crippen LogP contribution in [0.25, 0.3) is 6.08 Å². The quantitative estimate of drug-likeness (QED) is 0.333. The van der Waals surface area contributed by atoms with Gasteiger partial charge in [-0.3, -0.25) is 4.79 Å². The van der Waals surface area contributed by atoms with Crippen LogP contribution in [0.4, 0.5) is 4.39 Å². The molecule has 2 rings (SSSR count). The van der Waals surface area contributed by atoms with Crippen molar-refractivity contribution in [2.45, 2.75) is 0 Å². The number of hydrogen-bond donors (Lipinski definition) is 0. The molecule has 0 aliphatic heterocycles. The molecule has 2 heterocycles. The smallest absolute Gasteiger partial charge is 0.351 e. The van der Waals surface area contributed by atoms with E-state index in [1.54, 1.807) is 0 Å². The SMILES string of the molecule is COc1c(F)cnc(/C=C\C(=O)c2ccon2)[n+]1N(C)OC. The minimum absolute atomic E-state index is 0.118. The van der Waals surface area contributed by atoms with Crippen molar-refractivity contribution in [3.63, 3.8) is 0 Å². The predicted molar refractivity (Wildman–Crippen MR) is 72.0 cm³/mol. The molecule has 0 saturated heterocycles. The first-order valence-electron chi connectivity index (χ1n) is 6.14. The first-order chi connectivity index (χ1) is 10.6. The van der Waals surface area contributed by atoms with Gasteiger partial charge in [-0.1, -0.05) is 9.83 Å². The van der Waals surface area contributed by atoms with Crippen molar-refractivity contribution in [1.29, 1.82) is 0 Å². The molecule has 2 aromatic heterocycles. The van der Waals surface area contributed by atoms with Gasteiger partial charge in [-0.05, 0) is 11.1 Å². The number of ether oxygens (including phenoxy) is 1. The third-order valence-corrected chi connectivity index (χ3v) is 2.74. The topological polar surface area (TPSA) is 81.6 Å². The van der Waals surface area contributed by atoms with E-state index in [2.05, 4.69) is 14.7 Å². The lowest BCUT2D eigenvalue weighted by Gasteiger charge is -2.15. The van der Waals surface area contributed by atoms with E-state index in [9.17, 15) is 9.18 Å². The Kier molecular flexibility index (Phi) is 4.79. The van der Waals surface area contributed by atoms with E-state index >= 15 is 0 Å². The lowest BCUT2D eigenvalue weighted by atomic mass is 10.2. The molecule has 0 aromatic carbocycles. The zero-order chi connectivity index (χ0) is 16.1. The Hall–Kier alpha value is -2.81. The molecule has 2 aromatic rings. The van der Waals surface area contributed by atoms with Crippen molar-refractivity contribution in [3.8, 4) is 5.88 Å². The highest BCUT2D eigenvalue weighted by atomic mass is 19.1. The lowest BCUT2D eigenvalue weighted by molar-refractivity contribution is -0.735. The second kappa shape index (κ2) is 6.76. The van der Waals surface area contributed by atoms with Gasteiger partial charge in [-0.25, -0.2) is 4.84 Å². The highest BCUT2D eigenvalue weighted by Gasteiger charge is 2.25. The van der Waals surface area contributed by atoms with E-state index in [1.165, 1.54) is 55.6 Å². The molecule has 0 N–H and O–H groups in total. The van der Waals surface area contributed by atoms with Gasteiger partial charge in [0, 0.05) is 12.1 Å². The minimum Gasteiger partial charge on any atom is -0.462 e. The summed E-state index contributed by atoms with van der Waals surface area (Å²) in [5.41, 5.74) is 0.150. The second-order valence-electron chi connectivity index (χ2n) is 4.01. The number of hydrogen-bond acceptors (Lipinski definition) is 7. The number of methoxy groups -OCH3 is 1. The molecule has 0 unspecified atom stereocenters. The molecule has 0 aliphatic rings. The number of hydroxylamine groups is 1. The lowest BCUT2D eigenvalue weighted by Crippen LogP contribution is -2.58. The number of aromatic nitrogens is 3.